The lowest BCUT2D eigenvalue weighted by atomic mass is 10.0. The SMILES string of the molecule is CC(C)C(=O)N(Cc1ccc(Cl)cc1)[C@@H](C(=O)NCc1ccccc1)c1ccccc1. The Hall–Kier alpha value is -3.11. The molecular weight excluding hydrogens is 408 g/mol. The first-order valence-corrected chi connectivity index (χ1v) is 10.7. The number of nitrogens with one attached hydrogen (secondary N) is 1. The average Bonchev–Trinajstić information content (AvgIpc) is 2.79. The summed E-state index contributed by atoms with van der Waals surface area (Å²) in [4.78, 5) is 28.3. The van der Waals surface area contributed by atoms with Crippen molar-refractivity contribution in [2.24, 2.45) is 5.92 Å². The fraction of sp³-hybridized carbons (Fsp3) is 0.231. The van der Waals surface area contributed by atoms with Gasteiger partial charge in [-0.15, -0.1) is 0 Å². The molecular formula is C26H27ClN2O2. The third-order valence-electron chi connectivity index (χ3n) is 5.03. The summed E-state index contributed by atoms with van der Waals surface area (Å²) in [6, 6.07) is 25.8. The summed E-state index contributed by atoms with van der Waals surface area (Å²) in [6.45, 7) is 4.41. The molecule has 0 aliphatic rings. The smallest absolute Gasteiger partial charge is 0.247 e. The van der Waals surface area contributed by atoms with E-state index in [9.17, 15) is 9.59 Å². The summed E-state index contributed by atoms with van der Waals surface area (Å²) >= 11 is 6.02. The molecule has 0 fully saturated rings. The number of hydrogen-bond donors (Lipinski definition) is 1. The van der Waals surface area contributed by atoms with Gasteiger partial charge in [-0.1, -0.05) is 98.2 Å². The summed E-state index contributed by atoms with van der Waals surface area (Å²) in [6.07, 6.45) is 0. The minimum atomic E-state index is -0.740. The molecule has 0 saturated carbocycles. The number of amides is 2. The highest BCUT2D eigenvalue weighted by molar-refractivity contribution is 6.30. The van der Waals surface area contributed by atoms with Gasteiger partial charge in [-0.25, -0.2) is 0 Å². The Labute approximate surface area is 188 Å². The predicted molar refractivity (Wildman–Crippen MR) is 124 cm³/mol. The standard InChI is InChI=1S/C26H27ClN2O2/c1-19(2)26(31)29(18-21-13-15-23(27)16-14-21)24(22-11-7-4-8-12-22)25(30)28-17-20-9-5-3-6-10-20/h3-16,19,24H,17-18H2,1-2H3,(H,28,30)/t24-/m1/s1. The van der Waals surface area contributed by atoms with Crippen LogP contribution in [0.5, 0.6) is 0 Å². The molecule has 3 aromatic carbocycles. The molecule has 0 saturated heterocycles. The van der Waals surface area contributed by atoms with Gasteiger partial charge in [0.2, 0.25) is 11.8 Å². The first kappa shape index (κ1) is 22.6. The van der Waals surface area contributed by atoms with Crippen LogP contribution in [0.2, 0.25) is 5.02 Å². The van der Waals surface area contributed by atoms with Gasteiger partial charge in [-0.2, -0.15) is 0 Å². The highest BCUT2D eigenvalue weighted by atomic mass is 35.5. The first-order chi connectivity index (χ1) is 15.0. The van der Waals surface area contributed by atoms with Gasteiger partial charge in [0, 0.05) is 24.0 Å². The molecule has 0 aliphatic carbocycles. The van der Waals surface area contributed by atoms with Crippen molar-refractivity contribution < 1.29 is 9.59 Å². The lowest BCUT2D eigenvalue weighted by Crippen LogP contribution is -2.44. The van der Waals surface area contributed by atoms with Gasteiger partial charge < -0.3 is 10.2 Å². The Morgan fingerprint density at radius 3 is 2.00 bits per heavy atom. The molecule has 3 rings (SSSR count). The second-order valence-electron chi connectivity index (χ2n) is 7.76. The molecule has 4 nitrogen and oxygen atoms in total. The second-order valence-corrected chi connectivity index (χ2v) is 8.20. The summed E-state index contributed by atoms with van der Waals surface area (Å²) in [5.74, 6) is -0.544. The molecule has 1 atom stereocenters. The average molecular weight is 435 g/mol. The molecule has 0 spiro atoms. The number of hydrogen-bond acceptors (Lipinski definition) is 2. The number of rotatable bonds is 8. The van der Waals surface area contributed by atoms with Gasteiger partial charge in [-0.05, 0) is 28.8 Å². The van der Waals surface area contributed by atoms with Crippen molar-refractivity contribution in [2.45, 2.75) is 33.0 Å². The predicted octanol–water partition coefficient (Wildman–Crippen LogP) is 5.38. The van der Waals surface area contributed by atoms with Crippen molar-refractivity contribution in [3.8, 4) is 0 Å². The minimum absolute atomic E-state index is 0.0846. The molecule has 2 amide bonds. The van der Waals surface area contributed by atoms with E-state index >= 15 is 0 Å². The van der Waals surface area contributed by atoms with Crippen LogP contribution in [-0.2, 0) is 22.7 Å². The largest absolute Gasteiger partial charge is 0.350 e. The van der Waals surface area contributed by atoms with Gasteiger partial charge in [0.15, 0.2) is 0 Å². The fourth-order valence-electron chi connectivity index (χ4n) is 3.40. The zero-order chi connectivity index (χ0) is 22.2. The molecule has 160 valence electrons. The van der Waals surface area contributed by atoms with E-state index in [0.717, 1.165) is 16.7 Å². The molecule has 31 heavy (non-hydrogen) atoms. The van der Waals surface area contributed by atoms with Crippen LogP contribution in [0, 0.1) is 5.92 Å². The maximum atomic E-state index is 13.4. The minimum Gasteiger partial charge on any atom is -0.350 e. The van der Waals surface area contributed by atoms with Crippen LogP contribution >= 0.6 is 11.6 Å². The third-order valence-corrected chi connectivity index (χ3v) is 5.28. The Bertz CT molecular complexity index is 989. The summed E-state index contributed by atoms with van der Waals surface area (Å²) in [5.41, 5.74) is 2.69. The molecule has 0 aromatic heterocycles. The van der Waals surface area contributed by atoms with Crippen LogP contribution in [-0.4, -0.2) is 16.7 Å². The monoisotopic (exact) mass is 434 g/mol. The lowest BCUT2D eigenvalue weighted by molar-refractivity contribution is -0.144. The quantitative estimate of drug-likeness (QED) is 0.517. The van der Waals surface area contributed by atoms with Gasteiger partial charge in [0.05, 0.1) is 0 Å². The molecule has 0 heterocycles. The molecule has 0 unspecified atom stereocenters. The topological polar surface area (TPSA) is 49.4 Å². The van der Waals surface area contributed by atoms with Crippen LogP contribution in [0.15, 0.2) is 84.9 Å². The normalized spacial score (nSPS) is 11.7. The molecule has 0 aliphatic heterocycles. The molecule has 3 aromatic rings. The van der Waals surface area contributed by atoms with E-state index in [0.29, 0.717) is 18.1 Å². The lowest BCUT2D eigenvalue weighted by Gasteiger charge is -2.33. The number of benzene rings is 3. The Morgan fingerprint density at radius 1 is 0.839 bits per heavy atom. The molecule has 0 bridgehead atoms. The molecule has 5 heteroatoms. The Kier molecular flexibility index (Phi) is 7.85. The van der Waals surface area contributed by atoms with Crippen molar-refractivity contribution in [1.82, 2.24) is 10.2 Å². The van der Waals surface area contributed by atoms with E-state index in [1.165, 1.54) is 0 Å². The van der Waals surface area contributed by atoms with Crippen LogP contribution in [0.25, 0.3) is 0 Å². The Balaban J connectivity index is 1.93. The highest BCUT2D eigenvalue weighted by Crippen LogP contribution is 2.26. The summed E-state index contributed by atoms with van der Waals surface area (Å²) < 4.78 is 0. The van der Waals surface area contributed by atoms with Crippen molar-refractivity contribution in [1.29, 1.82) is 0 Å². The van der Waals surface area contributed by atoms with E-state index in [-0.39, 0.29) is 17.7 Å². The highest BCUT2D eigenvalue weighted by Gasteiger charge is 2.32. The van der Waals surface area contributed by atoms with Crippen LogP contribution in [0.1, 0.15) is 36.6 Å². The van der Waals surface area contributed by atoms with Crippen molar-refractivity contribution in [2.75, 3.05) is 0 Å². The molecule has 1 N–H and O–H groups in total. The zero-order valence-corrected chi connectivity index (χ0v) is 18.5. The summed E-state index contributed by atoms with van der Waals surface area (Å²) in [7, 11) is 0. The van der Waals surface area contributed by atoms with Gasteiger partial charge >= 0.3 is 0 Å². The van der Waals surface area contributed by atoms with Crippen molar-refractivity contribution in [3.05, 3.63) is 107 Å². The van der Waals surface area contributed by atoms with Crippen LogP contribution in [0.3, 0.4) is 0 Å². The molecule has 0 radical (unpaired) electrons. The maximum absolute atomic E-state index is 13.4. The van der Waals surface area contributed by atoms with Crippen LogP contribution in [0.4, 0.5) is 0 Å². The fourth-order valence-corrected chi connectivity index (χ4v) is 3.53. The summed E-state index contributed by atoms with van der Waals surface area (Å²) in [5, 5.41) is 3.64. The second kappa shape index (κ2) is 10.8. The van der Waals surface area contributed by atoms with Gasteiger partial charge in [-0.3, -0.25) is 9.59 Å². The zero-order valence-electron chi connectivity index (χ0n) is 17.8. The number of halogens is 1. The Morgan fingerprint density at radius 2 is 1.42 bits per heavy atom. The van der Waals surface area contributed by atoms with Gasteiger partial charge in [0.25, 0.3) is 0 Å². The van der Waals surface area contributed by atoms with E-state index < -0.39 is 6.04 Å². The van der Waals surface area contributed by atoms with Crippen LogP contribution < -0.4 is 5.32 Å². The van der Waals surface area contributed by atoms with Crippen molar-refractivity contribution >= 4 is 23.4 Å². The third kappa shape index (κ3) is 6.19. The van der Waals surface area contributed by atoms with E-state index in [1.54, 1.807) is 17.0 Å². The maximum Gasteiger partial charge on any atom is 0.247 e. The van der Waals surface area contributed by atoms with Crippen molar-refractivity contribution in [3.63, 3.8) is 0 Å². The number of nitrogens with zero attached hydrogens (tertiary/aromatic N) is 1. The van der Waals surface area contributed by atoms with Gasteiger partial charge in [0.1, 0.15) is 6.04 Å². The number of carbonyl (C=O) groups excluding carboxylic acids is 2. The number of carbonyl (C=O) groups is 2. The first-order valence-electron chi connectivity index (χ1n) is 10.4. The van der Waals surface area contributed by atoms with E-state index in [2.05, 4.69) is 5.32 Å². The van der Waals surface area contributed by atoms with E-state index in [1.807, 2.05) is 86.6 Å². The van der Waals surface area contributed by atoms with E-state index in [4.69, 9.17) is 11.6 Å².